The van der Waals surface area contributed by atoms with Crippen LogP contribution in [0.15, 0.2) is 11.4 Å². The fraction of sp³-hybridized carbons (Fsp3) is 0.500. The van der Waals surface area contributed by atoms with E-state index < -0.39 is 0 Å². The van der Waals surface area contributed by atoms with Crippen molar-refractivity contribution in [2.45, 2.75) is 18.6 Å². The topological polar surface area (TPSA) is 111 Å². The Bertz CT molecular complexity index is 982. The number of amides is 1. The number of hydrogen-bond acceptors (Lipinski definition) is 10. The van der Waals surface area contributed by atoms with Crippen molar-refractivity contribution in [2.24, 2.45) is 0 Å². The van der Waals surface area contributed by atoms with Crippen LogP contribution in [0.2, 0.25) is 0 Å². The zero-order valence-electron chi connectivity index (χ0n) is 15.6. The number of fused-ring (bicyclic) bond motifs is 1. The van der Waals surface area contributed by atoms with Crippen molar-refractivity contribution in [2.75, 3.05) is 44.0 Å². The van der Waals surface area contributed by atoms with E-state index >= 15 is 0 Å². The molecule has 1 N–H and O–H groups in total. The molecule has 10 nitrogen and oxygen atoms in total. The Labute approximate surface area is 169 Å². The minimum Gasteiger partial charge on any atom is -0.378 e. The molecule has 0 atom stereocenters. The number of anilines is 1. The summed E-state index contributed by atoms with van der Waals surface area (Å²) in [6.07, 6.45) is 3.75. The fourth-order valence-corrected chi connectivity index (χ4v) is 3.92. The van der Waals surface area contributed by atoms with E-state index in [4.69, 9.17) is 9.72 Å². The second-order valence-corrected chi connectivity index (χ2v) is 7.71. The van der Waals surface area contributed by atoms with Gasteiger partial charge in [-0.2, -0.15) is 5.10 Å². The van der Waals surface area contributed by atoms with Gasteiger partial charge in [0.05, 0.1) is 37.0 Å². The molecule has 3 aromatic heterocycles. The van der Waals surface area contributed by atoms with Gasteiger partial charge in [0, 0.05) is 19.6 Å². The normalized spacial score (nSPS) is 14.6. The third-order valence-electron chi connectivity index (χ3n) is 4.42. The van der Waals surface area contributed by atoms with Crippen LogP contribution < -0.4 is 10.2 Å². The molecule has 0 radical (unpaired) electrons. The number of carbonyl (C=O) groups is 1. The minimum atomic E-state index is -0.169. The lowest BCUT2D eigenvalue weighted by Gasteiger charge is -2.28. The van der Waals surface area contributed by atoms with E-state index in [1.807, 2.05) is 6.26 Å². The third-order valence-corrected chi connectivity index (χ3v) is 5.79. The first-order valence-corrected chi connectivity index (χ1v) is 10.8. The number of morpholine rings is 1. The average Bonchev–Trinajstić information content (AvgIpc) is 3.34. The molecule has 0 unspecified atom stereocenters. The summed E-state index contributed by atoms with van der Waals surface area (Å²) in [6.45, 7) is 5.67. The van der Waals surface area contributed by atoms with Crippen LogP contribution in [0.4, 0.5) is 5.82 Å². The second-order valence-electron chi connectivity index (χ2n) is 6.18. The maximum atomic E-state index is 12.2. The van der Waals surface area contributed by atoms with E-state index in [2.05, 4.69) is 29.9 Å². The van der Waals surface area contributed by atoms with Crippen molar-refractivity contribution in [1.29, 1.82) is 0 Å². The van der Waals surface area contributed by atoms with Crippen molar-refractivity contribution in [3.63, 3.8) is 0 Å². The van der Waals surface area contributed by atoms with Crippen molar-refractivity contribution in [3.05, 3.63) is 16.8 Å². The molecule has 0 bridgehead atoms. The largest absolute Gasteiger partial charge is 0.378 e. The molecule has 3 aromatic rings. The molecule has 0 aliphatic carbocycles. The van der Waals surface area contributed by atoms with Crippen LogP contribution in [0.5, 0.6) is 0 Å². The summed E-state index contributed by atoms with van der Waals surface area (Å²) in [5.74, 6) is 0.719. The monoisotopic (exact) mass is 420 g/mol. The molecule has 1 fully saturated rings. The highest BCUT2D eigenvalue weighted by atomic mass is 32.2. The molecular formula is C16H20N8O2S2. The van der Waals surface area contributed by atoms with E-state index in [1.165, 1.54) is 11.8 Å². The number of nitrogens with zero attached hydrogens (tertiary/aromatic N) is 7. The number of ether oxygens (including phenoxy) is 1. The lowest BCUT2D eigenvalue weighted by Crippen LogP contribution is -2.37. The summed E-state index contributed by atoms with van der Waals surface area (Å²) in [7, 11) is 0. The van der Waals surface area contributed by atoms with Crippen molar-refractivity contribution in [3.8, 4) is 0 Å². The number of thioether (sulfide) groups is 1. The number of nitrogens with one attached hydrogen (secondary N) is 1. The molecule has 4 rings (SSSR count). The summed E-state index contributed by atoms with van der Waals surface area (Å²) in [5, 5.41) is 12.8. The fourth-order valence-electron chi connectivity index (χ4n) is 2.99. The molecule has 1 amide bonds. The molecule has 12 heteroatoms. The Morgan fingerprint density at radius 2 is 2.18 bits per heavy atom. The number of aromatic nitrogens is 6. The highest BCUT2D eigenvalue weighted by molar-refractivity contribution is 7.98. The van der Waals surface area contributed by atoms with E-state index in [9.17, 15) is 4.79 Å². The molecule has 4 heterocycles. The first kappa shape index (κ1) is 19.0. The maximum Gasteiger partial charge on any atom is 0.265 e. The van der Waals surface area contributed by atoms with Gasteiger partial charge in [0.2, 0.25) is 0 Å². The lowest BCUT2D eigenvalue weighted by molar-refractivity contribution is 0.0955. The van der Waals surface area contributed by atoms with Crippen LogP contribution in [-0.2, 0) is 11.3 Å². The Morgan fingerprint density at radius 1 is 1.36 bits per heavy atom. The molecule has 0 spiro atoms. The summed E-state index contributed by atoms with van der Waals surface area (Å²) in [6, 6.07) is 0. The maximum absolute atomic E-state index is 12.2. The van der Waals surface area contributed by atoms with Gasteiger partial charge in [0.25, 0.3) is 5.91 Å². The van der Waals surface area contributed by atoms with Crippen LogP contribution in [-0.4, -0.2) is 74.3 Å². The van der Waals surface area contributed by atoms with Gasteiger partial charge in [-0.25, -0.2) is 14.6 Å². The van der Waals surface area contributed by atoms with Gasteiger partial charge < -0.3 is 15.0 Å². The van der Waals surface area contributed by atoms with Crippen LogP contribution in [0.1, 0.15) is 15.4 Å². The van der Waals surface area contributed by atoms with Crippen molar-refractivity contribution >= 4 is 46.1 Å². The van der Waals surface area contributed by atoms with E-state index in [-0.39, 0.29) is 5.91 Å². The van der Waals surface area contributed by atoms with Crippen molar-refractivity contribution in [1.82, 2.24) is 34.7 Å². The van der Waals surface area contributed by atoms with Gasteiger partial charge in [0.15, 0.2) is 10.8 Å². The number of rotatable bonds is 6. The zero-order valence-corrected chi connectivity index (χ0v) is 17.2. The molecule has 28 heavy (non-hydrogen) atoms. The Hall–Kier alpha value is -2.31. The molecule has 1 aliphatic heterocycles. The first-order valence-electron chi connectivity index (χ1n) is 8.84. The smallest absolute Gasteiger partial charge is 0.265 e. The Morgan fingerprint density at radius 3 is 2.89 bits per heavy atom. The number of hydrogen-bond donors (Lipinski definition) is 1. The molecule has 1 saturated heterocycles. The van der Waals surface area contributed by atoms with Gasteiger partial charge in [-0.05, 0) is 24.7 Å². The van der Waals surface area contributed by atoms with Crippen molar-refractivity contribution < 1.29 is 9.53 Å². The number of aryl methyl sites for hydroxylation is 1. The third kappa shape index (κ3) is 3.80. The highest BCUT2D eigenvalue weighted by Gasteiger charge is 2.20. The van der Waals surface area contributed by atoms with Gasteiger partial charge in [-0.1, -0.05) is 16.3 Å². The first-order chi connectivity index (χ1) is 13.7. The zero-order chi connectivity index (χ0) is 19.5. The molecule has 148 valence electrons. The van der Waals surface area contributed by atoms with E-state index in [0.717, 1.165) is 41.5 Å². The Balaban J connectivity index is 1.53. The quantitative estimate of drug-likeness (QED) is 0.461. The van der Waals surface area contributed by atoms with Crippen LogP contribution in [0, 0.1) is 6.92 Å². The second kappa shape index (κ2) is 8.37. The molecular weight excluding hydrogens is 400 g/mol. The van der Waals surface area contributed by atoms with Crippen LogP contribution in [0.3, 0.4) is 0 Å². The highest BCUT2D eigenvalue weighted by Crippen LogP contribution is 2.27. The summed E-state index contributed by atoms with van der Waals surface area (Å²) >= 11 is 2.60. The minimum absolute atomic E-state index is 0.169. The van der Waals surface area contributed by atoms with E-state index in [1.54, 1.807) is 17.8 Å². The van der Waals surface area contributed by atoms with Gasteiger partial charge in [-0.3, -0.25) is 4.79 Å². The molecule has 1 aliphatic rings. The SMILES string of the molecule is CSc1nc(N2CCOCC2)c2cnn(CCNC(=O)c3snnc3C)c2n1. The standard InChI is InChI=1S/C16H20N8O2S2/c1-10-12(28-22-21-10)15(25)17-3-4-24-14-11(9-18-24)13(19-16(20-14)27-2)23-5-7-26-8-6-23/h9H,3-8H2,1-2H3,(H,17,25). The molecule has 0 saturated carbocycles. The summed E-state index contributed by atoms with van der Waals surface area (Å²) in [5.41, 5.74) is 1.41. The average molecular weight is 421 g/mol. The lowest BCUT2D eigenvalue weighted by atomic mass is 10.3. The van der Waals surface area contributed by atoms with Crippen LogP contribution >= 0.6 is 23.3 Å². The number of carbonyl (C=O) groups excluding carboxylic acids is 1. The van der Waals surface area contributed by atoms with Gasteiger partial charge >= 0.3 is 0 Å². The van der Waals surface area contributed by atoms with Gasteiger partial charge in [-0.15, -0.1) is 5.10 Å². The molecule has 0 aromatic carbocycles. The van der Waals surface area contributed by atoms with Gasteiger partial charge in [0.1, 0.15) is 10.7 Å². The summed E-state index contributed by atoms with van der Waals surface area (Å²) < 4.78 is 11.0. The summed E-state index contributed by atoms with van der Waals surface area (Å²) in [4.78, 5) is 24.3. The predicted molar refractivity (Wildman–Crippen MR) is 107 cm³/mol. The van der Waals surface area contributed by atoms with E-state index in [0.29, 0.717) is 42.0 Å². The Kier molecular flexibility index (Phi) is 5.69. The predicted octanol–water partition coefficient (Wildman–Crippen LogP) is 0.975. The van der Waals surface area contributed by atoms with Crippen LogP contribution in [0.25, 0.3) is 11.0 Å².